The van der Waals surface area contributed by atoms with Gasteiger partial charge in [-0.3, -0.25) is 4.79 Å². The summed E-state index contributed by atoms with van der Waals surface area (Å²) in [5.41, 5.74) is 8.00. The van der Waals surface area contributed by atoms with Crippen LogP contribution in [0, 0.1) is 0 Å². The second-order valence-electron chi connectivity index (χ2n) is 8.65. The van der Waals surface area contributed by atoms with Crippen LogP contribution in [0.25, 0.3) is 0 Å². The fourth-order valence-corrected chi connectivity index (χ4v) is 3.53. The van der Waals surface area contributed by atoms with Gasteiger partial charge in [-0.15, -0.1) is 0 Å². The lowest BCUT2D eigenvalue weighted by atomic mass is 10.1. The van der Waals surface area contributed by atoms with Gasteiger partial charge in [0.25, 0.3) is 0 Å². The maximum atomic E-state index is 12.2. The molecule has 0 aliphatic heterocycles. The maximum Gasteiger partial charge on any atom is 0.233 e. The van der Waals surface area contributed by atoms with Crippen molar-refractivity contribution in [2.24, 2.45) is 5.73 Å². The molecule has 2 aromatic carbocycles. The molecule has 12 nitrogen and oxygen atoms in total. The normalized spacial score (nSPS) is 10.8. The van der Waals surface area contributed by atoms with Crippen LogP contribution in [0.5, 0.6) is 0 Å². The predicted molar refractivity (Wildman–Crippen MR) is 156 cm³/mol. The summed E-state index contributed by atoms with van der Waals surface area (Å²) in [6.07, 6.45) is 0.817. The molecule has 3 rings (SSSR count). The number of hydrogen-bond acceptors (Lipinski definition) is 11. The number of aromatic nitrogens is 3. The van der Waals surface area contributed by atoms with Crippen LogP contribution < -0.4 is 27.0 Å². The zero-order valence-electron chi connectivity index (χ0n) is 22.4. The van der Waals surface area contributed by atoms with Crippen molar-refractivity contribution in [1.29, 1.82) is 0 Å². The van der Waals surface area contributed by atoms with Crippen LogP contribution in [-0.4, -0.2) is 78.6 Å². The Morgan fingerprint density at radius 1 is 0.825 bits per heavy atom. The maximum absolute atomic E-state index is 12.2. The van der Waals surface area contributed by atoms with Crippen LogP contribution in [0.15, 0.2) is 48.5 Å². The van der Waals surface area contributed by atoms with Gasteiger partial charge < -0.3 is 41.6 Å². The molecule has 1 amide bonds. The van der Waals surface area contributed by atoms with Crippen molar-refractivity contribution in [3.8, 4) is 0 Å². The zero-order chi connectivity index (χ0) is 28.4. The van der Waals surface area contributed by atoms with E-state index in [2.05, 4.69) is 36.2 Å². The standard InChI is InChI=1S/C27H37ClN8O4/c28-22-6-2-21(3-7-22)19-32-26-34-25(31-11-1-13-37)35-27(36-26)33-23-8-4-20(5-9-23)18-24(38)30-12-15-40-17-16-39-14-10-29/h2-9,37H,1,10-19,29H2,(H,30,38)(H3,31,32,33,34,35,36). The molecule has 0 saturated heterocycles. The first-order chi connectivity index (χ1) is 19.6. The molecule has 1 heterocycles. The molecule has 1 aromatic heterocycles. The third kappa shape index (κ3) is 12.1. The van der Waals surface area contributed by atoms with Crippen LogP contribution in [0.4, 0.5) is 23.5 Å². The predicted octanol–water partition coefficient (Wildman–Crippen LogP) is 2.33. The molecular formula is C27H37ClN8O4. The van der Waals surface area contributed by atoms with Crippen molar-refractivity contribution in [1.82, 2.24) is 20.3 Å². The summed E-state index contributed by atoms with van der Waals surface area (Å²) in [7, 11) is 0. The number of ether oxygens (including phenoxy) is 2. The first-order valence-electron chi connectivity index (χ1n) is 13.1. The number of rotatable bonds is 19. The second kappa shape index (κ2) is 17.9. The minimum absolute atomic E-state index is 0.0636. The number of anilines is 4. The van der Waals surface area contributed by atoms with E-state index in [0.29, 0.717) is 81.9 Å². The molecule has 0 atom stereocenters. The van der Waals surface area contributed by atoms with Crippen molar-refractivity contribution in [2.45, 2.75) is 19.4 Å². The second-order valence-corrected chi connectivity index (χ2v) is 9.09. The topological polar surface area (TPSA) is 169 Å². The smallest absolute Gasteiger partial charge is 0.233 e. The van der Waals surface area contributed by atoms with Gasteiger partial charge >= 0.3 is 0 Å². The van der Waals surface area contributed by atoms with Crippen molar-refractivity contribution in [2.75, 3.05) is 68.6 Å². The molecule has 0 saturated carbocycles. The zero-order valence-corrected chi connectivity index (χ0v) is 23.1. The highest BCUT2D eigenvalue weighted by molar-refractivity contribution is 6.30. The third-order valence-electron chi connectivity index (χ3n) is 5.39. The molecule has 0 bridgehead atoms. The van der Waals surface area contributed by atoms with Gasteiger partial charge in [-0.05, 0) is 41.8 Å². The summed E-state index contributed by atoms with van der Waals surface area (Å²) < 4.78 is 10.6. The summed E-state index contributed by atoms with van der Waals surface area (Å²) in [4.78, 5) is 25.6. The number of carbonyl (C=O) groups is 1. The van der Waals surface area contributed by atoms with Crippen LogP contribution in [0.1, 0.15) is 17.5 Å². The highest BCUT2D eigenvalue weighted by atomic mass is 35.5. The van der Waals surface area contributed by atoms with Crippen molar-refractivity contribution < 1.29 is 19.4 Å². The summed E-state index contributed by atoms with van der Waals surface area (Å²) in [6, 6.07) is 15.0. The fourth-order valence-electron chi connectivity index (χ4n) is 3.40. The highest BCUT2D eigenvalue weighted by Crippen LogP contribution is 2.18. The first kappa shape index (κ1) is 31.0. The van der Waals surface area contributed by atoms with E-state index in [9.17, 15) is 4.79 Å². The SMILES string of the molecule is NCCOCCOCCNC(=O)Cc1ccc(Nc2nc(NCCCO)nc(NCc3ccc(Cl)cc3)n2)cc1. The van der Waals surface area contributed by atoms with E-state index >= 15 is 0 Å². The van der Waals surface area contributed by atoms with E-state index in [1.807, 2.05) is 48.5 Å². The number of nitrogens with two attached hydrogens (primary N) is 1. The summed E-state index contributed by atoms with van der Waals surface area (Å²) in [6.45, 7) is 3.87. The molecule has 0 fully saturated rings. The number of hydrogen-bond donors (Lipinski definition) is 6. The molecule has 0 aliphatic carbocycles. The molecule has 216 valence electrons. The van der Waals surface area contributed by atoms with Crippen molar-refractivity contribution in [3.63, 3.8) is 0 Å². The van der Waals surface area contributed by atoms with Gasteiger partial charge in [0.2, 0.25) is 23.8 Å². The fraction of sp³-hybridized carbons (Fsp3) is 0.407. The number of nitrogens with zero attached hydrogens (tertiary/aromatic N) is 3. The van der Waals surface area contributed by atoms with Crippen LogP contribution >= 0.6 is 11.6 Å². The molecule has 7 N–H and O–H groups in total. The first-order valence-corrected chi connectivity index (χ1v) is 13.5. The molecule has 40 heavy (non-hydrogen) atoms. The summed E-state index contributed by atoms with van der Waals surface area (Å²) in [5, 5.41) is 22.1. The number of benzene rings is 2. The number of aliphatic hydroxyl groups is 1. The Hall–Kier alpha value is -3.55. The third-order valence-corrected chi connectivity index (χ3v) is 5.65. The number of amides is 1. The average Bonchev–Trinajstić information content (AvgIpc) is 2.95. The van der Waals surface area contributed by atoms with E-state index in [0.717, 1.165) is 16.8 Å². The number of aliphatic hydroxyl groups excluding tert-OH is 1. The van der Waals surface area contributed by atoms with Crippen molar-refractivity contribution in [3.05, 3.63) is 64.7 Å². The summed E-state index contributed by atoms with van der Waals surface area (Å²) in [5.74, 6) is 1.03. The lowest BCUT2D eigenvalue weighted by Gasteiger charge is -2.12. The van der Waals surface area contributed by atoms with Crippen LogP contribution in [0.3, 0.4) is 0 Å². The van der Waals surface area contributed by atoms with Crippen LogP contribution in [-0.2, 0) is 27.2 Å². The van der Waals surface area contributed by atoms with Gasteiger partial charge in [0.1, 0.15) is 0 Å². The van der Waals surface area contributed by atoms with E-state index in [-0.39, 0.29) is 18.9 Å². The number of halogens is 1. The van der Waals surface area contributed by atoms with Gasteiger partial charge in [-0.25, -0.2) is 0 Å². The van der Waals surface area contributed by atoms with Gasteiger partial charge in [-0.2, -0.15) is 15.0 Å². The molecule has 13 heteroatoms. The molecule has 0 radical (unpaired) electrons. The largest absolute Gasteiger partial charge is 0.396 e. The van der Waals surface area contributed by atoms with Crippen molar-refractivity contribution >= 4 is 41.0 Å². The Morgan fingerprint density at radius 2 is 1.48 bits per heavy atom. The lowest BCUT2D eigenvalue weighted by Crippen LogP contribution is -2.29. The Bertz CT molecular complexity index is 1150. The average molecular weight is 573 g/mol. The molecule has 0 unspecified atom stereocenters. The Morgan fingerprint density at radius 3 is 2.17 bits per heavy atom. The number of carbonyl (C=O) groups excluding carboxylic acids is 1. The van der Waals surface area contributed by atoms with Gasteiger partial charge in [0.05, 0.1) is 32.8 Å². The summed E-state index contributed by atoms with van der Waals surface area (Å²) >= 11 is 5.97. The molecule has 3 aromatic rings. The van der Waals surface area contributed by atoms with Crippen LogP contribution in [0.2, 0.25) is 5.02 Å². The Kier molecular flexibility index (Phi) is 13.9. The van der Waals surface area contributed by atoms with Gasteiger partial charge in [0, 0.05) is 43.5 Å². The van der Waals surface area contributed by atoms with E-state index in [1.54, 1.807) is 0 Å². The highest BCUT2D eigenvalue weighted by Gasteiger charge is 2.09. The minimum Gasteiger partial charge on any atom is -0.396 e. The molecule has 0 aliphatic rings. The molecule has 0 spiro atoms. The van der Waals surface area contributed by atoms with Gasteiger partial charge in [0.15, 0.2) is 0 Å². The Labute approximate surface area is 239 Å². The Balaban J connectivity index is 1.51. The minimum atomic E-state index is -0.0869. The van der Waals surface area contributed by atoms with E-state index < -0.39 is 0 Å². The van der Waals surface area contributed by atoms with E-state index in [4.69, 9.17) is 31.9 Å². The monoisotopic (exact) mass is 572 g/mol. The quantitative estimate of drug-likeness (QED) is 0.117. The van der Waals surface area contributed by atoms with E-state index in [1.165, 1.54) is 0 Å². The lowest BCUT2D eigenvalue weighted by molar-refractivity contribution is -0.120. The number of nitrogens with one attached hydrogen (secondary N) is 4. The van der Waals surface area contributed by atoms with Gasteiger partial charge in [-0.1, -0.05) is 35.9 Å². The molecular weight excluding hydrogens is 536 g/mol.